The highest BCUT2D eigenvalue weighted by atomic mass is 19.1. The van der Waals surface area contributed by atoms with Gasteiger partial charge in [0.15, 0.2) is 17.4 Å². The molecule has 0 spiro atoms. The summed E-state index contributed by atoms with van der Waals surface area (Å²) < 4.78 is 29.4. The molecule has 0 aliphatic rings. The second kappa shape index (κ2) is 11.6. The molecule has 0 fully saturated rings. The maximum atomic E-state index is 14.4. The molecule has 0 aliphatic heterocycles. The van der Waals surface area contributed by atoms with Crippen LogP contribution in [0.25, 0.3) is 5.69 Å². The molecular formula is C25H29F2N5O. The number of allylic oxidation sites excluding steroid dienone is 1. The van der Waals surface area contributed by atoms with Gasteiger partial charge in [0.05, 0.1) is 18.8 Å². The van der Waals surface area contributed by atoms with Crippen molar-refractivity contribution in [1.29, 1.82) is 0 Å². The lowest BCUT2D eigenvalue weighted by Gasteiger charge is -2.17. The van der Waals surface area contributed by atoms with E-state index in [1.165, 1.54) is 42.5 Å². The summed E-state index contributed by atoms with van der Waals surface area (Å²) in [4.78, 5) is 15.2. The Balaban J connectivity index is 1.98. The van der Waals surface area contributed by atoms with Gasteiger partial charge < -0.3 is 10.2 Å². The highest BCUT2D eigenvalue weighted by molar-refractivity contribution is 6.11. The molecule has 33 heavy (non-hydrogen) atoms. The predicted octanol–water partition coefficient (Wildman–Crippen LogP) is 4.28. The van der Waals surface area contributed by atoms with Crippen LogP contribution < -0.4 is 5.32 Å². The van der Waals surface area contributed by atoms with E-state index in [-0.39, 0.29) is 11.3 Å². The molecule has 1 N–H and O–H groups in total. The third-order valence-corrected chi connectivity index (χ3v) is 5.10. The van der Waals surface area contributed by atoms with Gasteiger partial charge in [-0.3, -0.25) is 9.36 Å². The van der Waals surface area contributed by atoms with E-state index in [1.54, 1.807) is 4.57 Å². The summed E-state index contributed by atoms with van der Waals surface area (Å²) >= 11 is 0. The number of halogens is 2. The fourth-order valence-electron chi connectivity index (χ4n) is 3.51. The number of carbonyl (C=O) groups is 1. The summed E-state index contributed by atoms with van der Waals surface area (Å²) in [6, 6.07) is 9.30. The fourth-order valence-corrected chi connectivity index (χ4v) is 3.51. The van der Waals surface area contributed by atoms with Gasteiger partial charge in [-0.05, 0) is 82.4 Å². The van der Waals surface area contributed by atoms with Crippen molar-refractivity contribution in [2.45, 2.75) is 32.4 Å². The Labute approximate surface area is 192 Å². The van der Waals surface area contributed by atoms with E-state index < -0.39 is 11.6 Å². The fraction of sp³-hybridized carbons (Fsp3) is 0.320. The zero-order valence-electron chi connectivity index (χ0n) is 19.0. The second-order valence-corrected chi connectivity index (χ2v) is 8.06. The standard InChI is InChI=1S/C25H29F2N5O/c1-4-5-6-7-14-28-16-23-29-30-24(17-31(2)3)32(23)22-15-20(27)12-13-21(22)25(33)18-8-10-19(26)11-9-18/h4,8-13,15,28H,1,5-7,14,16-17H2,2-3H3. The molecule has 0 radical (unpaired) electrons. The van der Waals surface area contributed by atoms with Gasteiger partial charge >= 0.3 is 0 Å². The van der Waals surface area contributed by atoms with Crippen LogP contribution in [0.5, 0.6) is 0 Å². The van der Waals surface area contributed by atoms with Crippen molar-refractivity contribution >= 4 is 5.78 Å². The molecule has 174 valence electrons. The monoisotopic (exact) mass is 453 g/mol. The number of nitrogens with zero attached hydrogens (tertiary/aromatic N) is 4. The summed E-state index contributed by atoms with van der Waals surface area (Å²) in [6.45, 7) is 5.38. The maximum Gasteiger partial charge on any atom is 0.195 e. The number of unbranched alkanes of at least 4 members (excludes halogenated alkanes) is 2. The van der Waals surface area contributed by atoms with Gasteiger partial charge in [0, 0.05) is 11.1 Å². The molecule has 0 aliphatic carbocycles. The average molecular weight is 454 g/mol. The zero-order valence-corrected chi connectivity index (χ0v) is 19.0. The molecule has 2 aromatic carbocycles. The maximum absolute atomic E-state index is 14.4. The normalized spacial score (nSPS) is 11.2. The van der Waals surface area contributed by atoms with Crippen LogP contribution in [0.15, 0.2) is 55.1 Å². The van der Waals surface area contributed by atoms with Gasteiger partial charge in [0.2, 0.25) is 0 Å². The number of aromatic nitrogens is 3. The lowest BCUT2D eigenvalue weighted by molar-refractivity contribution is 0.103. The smallest absolute Gasteiger partial charge is 0.195 e. The Morgan fingerprint density at radius 2 is 1.76 bits per heavy atom. The molecule has 1 aromatic heterocycles. The summed E-state index contributed by atoms with van der Waals surface area (Å²) in [5, 5.41) is 12.0. The molecule has 3 rings (SSSR count). The number of carbonyl (C=O) groups excluding carboxylic acids is 1. The van der Waals surface area contributed by atoms with Gasteiger partial charge in [-0.15, -0.1) is 16.8 Å². The average Bonchev–Trinajstić information content (AvgIpc) is 3.17. The minimum Gasteiger partial charge on any atom is -0.310 e. The quantitative estimate of drug-likeness (QED) is 0.252. The molecule has 8 heteroatoms. The Morgan fingerprint density at radius 1 is 1.06 bits per heavy atom. The van der Waals surface area contributed by atoms with Crippen LogP contribution >= 0.6 is 0 Å². The minimum atomic E-state index is -0.478. The number of hydrogen-bond donors (Lipinski definition) is 1. The SMILES string of the molecule is C=CCCCCNCc1nnc(CN(C)C)n1-c1cc(F)ccc1C(=O)c1ccc(F)cc1. The van der Waals surface area contributed by atoms with Crippen LogP contribution in [0.2, 0.25) is 0 Å². The highest BCUT2D eigenvalue weighted by Gasteiger charge is 2.22. The molecule has 0 unspecified atom stereocenters. The molecule has 0 saturated heterocycles. The first-order chi connectivity index (χ1) is 15.9. The number of nitrogens with one attached hydrogen (secondary N) is 1. The Bertz CT molecular complexity index is 1090. The van der Waals surface area contributed by atoms with E-state index in [0.29, 0.717) is 36.0 Å². The minimum absolute atomic E-state index is 0.287. The number of rotatable bonds is 12. The summed E-state index contributed by atoms with van der Waals surface area (Å²) in [5.74, 6) is -0.0812. The van der Waals surface area contributed by atoms with Gasteiger partial charge in [-0.25, -0.2) is 8.78 Å². The first-order valence-corrected chi connectivity index (χ1v) is 10.9. The molecule has 0 amide bonds. The van der Waals surface area contributed by atoms with Crippen molar-refractivity contribution in [3.63, 3.8) is 0 Å². The van der Waals surface area contributed by atoms with E-state index >= 15 is 0 Å². The van der Waals surface area contributed by atoms with Gasteiger partial charge in [0.25, 0.3) is 0 Å². The van der Waals surface area contributed by atoms with Crippen molar-refractivity contribution in [1.82, 2.24) is 25.0 Å². The lowest BCUT2D eigenvalue weighted by atomic mass is 10.0. The Morgan fingerprint density at radius 3 is 2.45 bits per heavy atom. The van der Waals surface area contributed by atoms with Crippen LogP contribution in [0.4, 0.5) is 8.78 Å². The van der Waals surface area contributed by atoms with Crippen molar-refractivity contribution < 1.29 is 13.6 Å². The van der Waals surface area contributed by atoms with E-state index in [2.05, 4.69) is 22.1 Å². The van der Waals surface area contributed by atoms with Crippen molar-refractivity contribution in [2.24, 2.45) is 0 Å². The summed E-state index contributed by atoms with van der Waals surface area (Å²) in [5.41, 5.74) is 0.957. The summed E-state index contributed by atoms with van der Waals surface area (Å²) in [7, 11) is 3.79. The molecular weight excluding hydrogens is 424 g/mol. The third kappa shape index (κ3) is 6.40. The first kappa shape index (κ1) is 24.4. The highest BCUT2D eigenvalue weighted by Crippen LogP contribution is 2.23. The predicted molar refractivity (Wildman–Crippen MR) is 124 cm³/mol. The molecule has 0 saturated carbocycles. The third-order valence-electron chi connectivity index (χ3n) is 5.10. The first-order valence-electron chi connectivity index (χ1n) is 10.9. The topological polar surface area (TPSA) is 63.1 Å². The lowest BCUT2D eigenvalue weighted by Crippen LogP contribution is -2.21. The van der Waals surface area contributed by atoms with Crippen LogP contribution in [-0.2, 0) is 13.1 Å². The zero-order chi connectivity index (χ0) is 23.8. The number of ketones is 1. The van der Waals surface area contributed by atoms with Crippen molar-refractivity contribution in [3.8, 4) is 5.69 Å². The van der Waals surface area contributed by atoms with E-state index in [9.17, 15) is 13.6 Å². The van der Waals surface area contributed by atoms with Crippen LogP contribution in [0, 0.1) is 11.6 Å². The molecule has 0 bridgehead atoms. The number of benzene rings is 2. The Kier molecular flexibility index (Phi) is 8.57. The number of hydrogen-bond acceptors (Lipinski definition) is 5. The molecule has 6 nitrogen and oxygen atoms in total. The Hall–Kier alpha value is -3.23. The second-order valence-electron chi connectivity index (χ2n) is 8.06. The van der Waals surface area contributed by atoms with Gasteiger partial charge in [0.1, 0.15) is 11.6 Å². The van der Waals surface area contributed by atoms with E-state index in [1.807, 2.05) is 25.1 Å². The van der Waals surface area contributed by atoms with Crippen molar-refractivity contribution in [3.05, 3.63) is 89.5 Å². The van der Waals surface area contributed by atoms with Gasteiger partial charge in [-0.2, -0.15) is 0 Å². The summed E-state index contributed by atoms with van der Waals surface area (Å²) in [6.07, 6.45) is 4.88. The van der Waals surface area contributed by atoms with Crippen LogP contribution in [-0.4, -0.2) is 46.1 Å². The van der Waals surface area contributed by atoms with E-state index in [4.69, 9.17) is 0 Å². The van der Waals surface area contributed by atoms with Crippen molar-refractivity contribution in [2.75, 3.05) is 20.6 Å². The molecule has 0 atom stereocenters. The molecule has 1 heterocycles. The van der Waals surface area contributed by atoms with Gasteiger partial charge in [-0.1, -0.05) is 6.08 Å². The van der Waals surface area contributed by atoms with E-state index in [0.717, 1.165) is 25.8 Å². The molecule has 3 aromatic rings. The van der Waals surface area contributed by atoms with Crippen LogP contribution in [0.3, 0.4) is 0 Å². The van der Waals surface area contributed by atoms with Crippen LogP contribution in [0.1, 0.15) is 46.8 Å². The largest absolute Gasteiger partial charge is 0.310 e.